The molecule has 1 N–H and O–H groups in total. The number of aromatic nitrogens is 3. The summed E-state index contributed by atoms with van der Waals surface area (Å²) in [4.78, 5) is 0. The highest BCUT2D eigenvalue weighted by molar-refractivity contribution is 4.94. The molecule has 1 rings (SSSR count). The Morgan fingerprint density at radius 1 is 1.47 bits per heavy atom. The van der Waals surface area contributed by atoms with Crippen LogP contribution in [0, 0.1) is 0 Å². The van der Waals surface area contributed by atoms with Crippen molar-refractivity contribution in [3.8, 4) is 0 Å². The maximum atomic E-state index is 4.95. The Balaban J connectivity index is 2.21. The van der Waals surface area contributed by atoms with Gasteiger partial charge in [-0.1, -0.05) is 12.1 Å². The minimum absolute atomic E-state index is 0.756. The molecule has 0 saturated carbocycles. The first-order valence-corrected chi connectivity index (χ1v) is 5.45. The summed E-state index contributed by atoms with van der Waals surface area (Å²) in [6.07, 6.45) is 3.90. The van der Waals surface area contributed by atoms with Gasteiger partial charge in [-0.15, -0.1) is 5.10 Å². The number of ether oxygens (including phenoxy) is 1. The topological polar surface area (TPSA) is 52.0 Å². The van der Waals surface area contributed by atoms with E-state index in [1.807, 2.05) is 10.9 Å². The molecule has 15 heavy (non-hydrogen) atoms. The number of hydrogen-bond donors (Lipinski definition) is 1. The lowest BCUT2D eigenvalue weighted by atomic mass is 10.3. The lowest BCUT2D eigenvalue weighted by molar-refractivity contribution is 0.199. The van der Waals surface area contributed by atoms with Crippen LogP contribution in [0.15, 0.2) is 6.20 Å². The highest BCUT2D eigenvalue weighted by atomic mass is 16.5. The number of methoxy groups -OCH3 is 1. The summed E-state index contributed by atoms with van der Waals surface area (Å²) in [5.41, 5.74) is 1.20. The van der Waals surface area contributed by atoms with Crippen molar-refractivity contribution < 1.29 is 4.74 Å². The molecule has 5 nitrogen and oxygen atoms in total. The van der Waals surface area contributed by atoms with Gasteiger partial charge in [-0.2, -0.15) is 0 Å². The summed E-state index contributed by atoms with van der Waals surface area (Å²) in [5.74, 6) is 0. The highest BCUT2D eigenvalue weighted by Gasteiger charge is 2.01. The van der Waals surface area contributed by atoms with Gasteiger partial charge < -0.3 is 10.1 Å². The zero-order chi connectivity index (χ0) is 10.9. The van der Waals surface area contributed by atoms with E-state index in [-0.39, 0.29) is 0 Å². The molecule has 0 atom stereocenters. The minimum atomic E-state index is 0.756. The van der Waals surface area contributed by atoms with Gasteiger partial charge in [0.2, 0.25) is 0 Å². The fourth-order valence-corrected chi connectivity index (χ4v) is 1.39. The van der Waals surface area contributed by atoms with E-state index in [4.69, 9.17) is 4.74 Å². The van der Waals surface area contributed by atoms with Crippen molar-refractivity contribution in [3.05, 3.63) is 11.9 Å². The van der Waals surface area contributed by atoms with Crippen LogP contribution in [-0.4, -0.2) is 41.8 Å². The van der Waals surface area contributed by atoms with E-state index in [1.165, 1.54) is 5.69 Å². The third-order valence-corrected chi connectivity index (χ3v) is 2.17. The van der Waals surface area contributed by atoms with Crippen LogP contribution < -0.4 is 5.32 Å². The van der Waals surface area contributed by atoms with Gasteiger partial charge in [-0.05, 0) is 6.42 Å². The van der Waals surface area contributed by atoms with Gasteiger partial charge in [0.15, 0.2) is 0 Å². The molecular formula is C10H20N4O. The van der Waals surface area contributed by atoms with Crippen molar-refractivity contribution in [1.82, 2.24) is 20.3 Å². The molecule has 0 bridgehead atoms. The molecule has 0 aliphatic rings. The van der Waals surface area contributed by atoms with Gasteiger partial charge in [-0.3, -0.25) is 0 Å². The normalized spacial score (nSPS) is 10.8. The summed E-state index contributed by atoms with van der Waals surface area (Å²) in [7, 11) is 1.71. The zero-order valence-electron chi connectivity index (χ0n) is 9.57. The maximum Gasteiger partial charge on any atom is 0.0725 e. The minimum Gasteiger partial charge on any atom is -0.383 e. The lowest BCUT2D eigenvalue weighted by Gasteiger charge is -2.05. The van der Waals surface area contributed by atoms with Crippen LogP contribution in [0.5, 0.6) is 0 Å². The van der Waals surface area contributed by atoms with Crippen molar-refractivity contribution in [2.45, 2.75) is 26.3 Å². The smallest absolute Gasteiger partial charge is 0.0725 e. The second kappa shape index (κ2) is 7.36. The Labute approximate surface area is 90.8 Å². The highest BCUT2D eigenvalue weighted by Crippen LogP contribution is 1.98. The predicted octanol–water partition coefficient (Wildman–Crippen LogP) is 0.467. The van der Waals surface area contributed by atoms with E-state index in [2.05, 4.69) is 22.6 Å². The Bertz CT molecular complexity index is 262. The number of rotatable bonds is 8. The van der Waals surface area contributed by atoms with Crippen LogP contribution in [0.2, 0.25) is 0 Å². The van der Waals surface area contributed by atoms with Crippen LogP contribution in [-0.2, 0) is 17.7 Å². The van der Waals surface area contributed by atoms with Gasteiger partial charge >= 0.3 is 0 Å². The van der Waals surface area contributed by atoms with Crippen molar-refractivity contribution >= 4 is 0 Å². The second-order valence-electron chi connectivity index (χ2n) is 3.44. The SMILES string of the molecule is CCCn1nncc1CCNCCOC. The molecule has 0 aromatic carbocycles. The van der Waals surface area contributed by atoms with Crippen molar-refractivity contribution in [2.24, 2.45) is 0 Å². The first-order valence-electron chi connectivity index (χ1n) is 5.45. The van der Waals surface area contributed by atoms with E-state index >= 15 is 0 Å². The molecule has 0 aliphatic heterocycles. The van der Waals surface area contributed by atoms with Crippen LogP contribution in [0.1, 0.15) is 19.0 Å². The summed E-state index contributed by atoms with van der Waals surface area (Å²) in [5, 5.41) is 11.3. The van der Waals surface area contributed by atoms with Crippen molar-refractivity contribution in [1.29, 1.82) is 0 Å². The van der Waals surface area contributed by atoms with E-state index < -0.39 is 0 Å². The van der Waals surface area contributed by atoms with Gasteiger partial charge in [0.1, 0.15) is 0 Å². The van der Waals surface area contributed by atoms with Gasteiger partial charge in [0.05, 0.1) is 18.5 Å². The number of nitrogens with zero attached hydrogens (tertiary/aromatic N) is 3. The quantitative estimate of drug-likeness (QED) is 0.636. The van der Waals surface area contributed by atoms with Crippen molar-refractivity contribution in [3.63, 3.8) is 0 Å². The van der Waals surface area contributed by atoms with Gasteiger partial charge in [-0.25, -0.2) is 4.68 Å². The summed E-state index contributed by atoms with van der Waals surface area (Å²) < 4.78 is 6.92. The molecule has 0 aliphatic carbocycles. The van der Waals surface area contributed by atoms with E-state index in [0.29, 0.717) is 0 Å². The van der Waals surface area contributed by atoms with E-state index in [9.17, 15) is 0 Å². The molecule has 86 valence electrons. The molecule has 1 heterocycles. The zero-order valence-corrected chi connectivity index (χ0v) is 9.57. The third-order valence-electron chi connectivity index (χ3n) is 2.17. The number of nitrogens with one attached hydrogen (secondary N) is 1. The molecule has 0 radical (unpaired) electrons. The van der Waals surface area contributed by atoms with Crippen LogP contribution in [0.4, 0.5) is 0 Å². The molecule has 0 unspecified atom stereocenters. The molecule has 0 saturated heterocycles. The monoisotopic (exact) mass is 212 g/mol. The second-order valence-corrected chi connectivity index (χ2v) is 3.44. The Morgan fingerprint density at radius 3 is 3.07 bits per heavy atom. The van der Waals surface area contributed by atoms with E-state index in [1.54, 1.807) is 7.11 Å². The summed E-state index contributed by atoms with van der Waals surface area (Å²) in [6.45, 7) is 5.69. The Kier molecular flexibility index (Phi) is 5.96. The first-order chi connectivity index (χ1) is 7.38. The van der Waals surface area contributed by atoms with Gasteiger partial charge in [0, 0.05) is 33.2 Å². The average Bonchev–Trinajstić information content (AvgIpc) is 2.66. The Morgan fingerprint density at radius 2 is 2.33 bits per heavy atom. The molecule has 0 fully saturated rings. The molecule has 0 amide bonds. The maximum absolute atomic E-state index is 4.95. The fourth-order valence-electron chi connectivity index (χ4n) is 1.39. The Hall–Kier alpha value is -0.940. The average molecular weight is 212 g/mol. The molecule has 1 aromatic heterocycles. The van der Waals surface area contributed by atoms with Crippen LogP contribution in [0.3, 0.4) is 0 Å². The van der Waals surface area contributed by atoms with Gasteiger partial charge in [0.25, 0.3) is 0 Å². The molecule has 0 spiro atoms. The fraction of sp³-hybridized carbons (Fsp3) is 0.800. The standard InChI is InChI=1S/C10H20N4O/c1-3-7-14-10(9-12-13-14)4-5-11-6-8-15-2/h9,11H,3-8H2,1-2H3. The van der Waals surface area contributed by atoms with E-state index in [0.717, 1.165) is 39.1 Å². The van der Waals surface area contributed by atoms with Crippen molar-refractivity contribution in [2.75, 3.05) is 26.8 Å². The molecule has 5 heteroatoms. The van der Waals surface area contributed by atoms with Crippen LogP contribution >= 0.6 is 0 Å². The lowest BCUT2D eigenvalue weighted by Crippen LogP contribution is -2.22. The summed E-state index contributed by atoms with van der Waals surface area (Å²) in [6, 6.07) is 0. The number of hydrogen-bond acceptors (Lipinski definition) is 4. The summed E-state index contributed by atoms with van der Waals surface area (Å²) >= 11 is 0. The van der Waals surface area contributed by atoms with Crippen LogP contribution in [0.25, 0.3) is 0 Å². The largest absolute Gasteiger partial charge is 0.383 e. The molecular weight excluding hydrogens is 192 g/mol. The molecule has 1 aromatic rings. The predicted molar refractivity (Wildman–Crippen MR) is 58.8 cm³/mol. The number of aryl methyl sites for hydroxylation is 1. The first kappa shape index (κ1) is 12.1. The third kappa shape index (κ3) is 4.40.